The number of nitrogens with zero attached hydrogens (tertiary/aromatic N) is 3. The quantitative estimate of drug-likeness (QED) is 0.292. The molecule has 9 heteroatoms. The van der Waals surface area contributed by atoms with Crippen LogP contribution in [0.4, 0.5) is 13.9 Å². The zero-order valence-corrected chi connectivity index (χ0v) is 19.8. The number of pyridine rings is 1. The van der Waals surface area contributed by atoms with Gasteiger partial charge in [-0.15, -0.1) is 11.3 Å². The van der Waals surface area contributed by atoms with Gasteiger partial charge < -0.3 is 9.84 Å². The normalized spacial score (nSPS) is 11.4. The molecular weight excluding hydrogens is 484 g/mol. The van der Waals surface area contributed by atoms with Crippen molar-refractivity contribution >= 4 is 33.5 Å². The molecule has 5 rings (SSSR count). The smallest absolute Gasteiger partial charge is 0.261 e. The molecule has 0 unspecified atom stereocenters. The lowest BCUT2D eigenvalue weighted by atomic mass is 10.1. The van der Waals surface area contributed by atoms with E-state index < -0.39 is 11.6 Å². The van der Waals surface area contributed by atoms with Crippen molar-refractivity contribution in [2.24, 2.45) is 4.99 Å². The number of aliphatic imine (C=N–C) groups is 1. The molecule has 0 atom stereocenters. The van der Waals surface area contributed by atoms with E-state index in [2.05, 4.69) is 9.98 Å². The molecule has 0 saturated heterocycles. The molecule has 5 aromatic rings. The van der Waals surface area contributed by atoms with Gasteiger partial charge in [0.15, 0.2) is 11.6 Å². The van der Waals surface area contributed by atoms with Crippen LogP contribution >= 0.6 is 11.3 Å². The number of hydrogen-bond acceptors (Lipinski definition) is 6. The molecule has 2 aromatic heterocycles. The van der Waals surface area contributed by atoms with Crippen LogP contribution < -0.4 is 10.3 Å². The summed E-state index contributed by atoms with van der Waals surface area (Å²) < 4.78 is 33.3. The Kier molecular flexibility index (Phi) is 6.30. The highest BCUT2D eigenvalue weighted by Crippen LogP contribution is 2.29. The van der Waals surface area contributed by atoms with Gasteiger partial charge in [0.2, 0.25) is 11.0 Å². The molecule has 6 nitrogen and oxygen atoms in total. The molecule has 1 N–H and O–H groups in total. The highest BCUT2D eigenvalue weighted by molar-refractivity contribution is 7.13. The topological polar surface area (TPSA) is 76.7 Å². The lowest BCUT2D eigenvalue weighted by Gasteiger charge is -2.14. The number of fused-ring (bicyclic) bond motifs is 1. The summed E-state index contributed by atoms with van der Waals surface area (Å²) in [5.41, 5.74) is 1.72. The van der Waals surface area contributed by atoms with Crippen LogP contribution in [0.25, 0.3) is 22.0 Å². The minimum absolute atomic E-state index is 0.151. The van der Waals surface area contributed by atoms with Crippen molar-refractivity contribution in [1.29, 1.82) is 0 Å². The van der Waals surface area contributed by atoms with E-state index >= 15 is 0 Å². The van der Waals surface area contributed by atoms with Gasteiger partial charge >= 0.3 is 0 Å². The third-order valence-electron chi connectivity index (χ3n) is 5.70. The molecule has 0 aliphatic heterocycles. The van der Waals surface area contributed by atoms with E-state index in [1.165, 1.54) is 28.2 Å². The van der Waals surface area contributed by atoms with Crippen molar-refractivity contribution in [3.63, 3.8) is 0 Å². The first-order chi connectivity index (χ1) is 17.4. The summed E-state index contributed by atoms with van der Waals surface area (Å²) in [7, 11) is 1.57. The molecule has 36 heavy (non-hydrogen) atoms. The number of aromatic nitrogens is 2. The van der Waals surface area contributed by atoms with E-state index in [0.29, 0.717) is 38.5 Å². The molecule has 0 aliphatic carbocycles. The number of aromatic hydroxyl groups is 1. The number of rotatable bonds is 6. The summed E-state index contributed by atoms with van der Waals surface area (Å²) in [6.07, 6.45) is 1.45. The van der Waals surface area contributed by atoms with Gasteiger partial charge in [0.25, 0.3) is 5.56 Å². The minimum atomic E-state index is -0.957. The standard InChI is InChI=1S/C27H19F2N3O3S/c1-35-18-9-6-16(7-10-18)14-32-25(33)20-5-3-2-4-19(20)21(26(32)34)13-30-27-31-24(15-36-27)17-8-11-22(28)23(29)12-17/h2-13,15,34H,14H2,1H3/b30-13+. The highest BCUT2D eigenvalue weighted by atomic mass is 32.1. The van der Waals surface area contributed by atoms with E-state index in [1.54, 1.807) is 48.9 Å². The van der Waals surface area contributed by atoms with Gasteiger partial charge in [-0.1, -0.05) is 30.3 Å². The Labute approximate surface area is 208 Å². The van der Waals surface area contributed by atoms with Gasteiger partial charge in [0, 0.05) is 27.9 Å². The lowest BCUT2D eigenvalue weighted by molar-refractivity contribution is 0.412. The van der Waals surface area contributed by atoms with Crippen molar-refractivity contribution < 1.29 is 18.6 Å². The number of hydrogen-bond donors (Lipinski definition) is 1. The van der Waals surface area contributed by atoms with Crippen molar-refractivity contribution in [1.82, 2.24) is 9.55 Å². The third-order valence-corrected chi connectivity index (χ3v) is 6.45. The van der Waals surface area contributed by atoms with Gasteiger partial charge in [-0.25, -0.2) is 18.8 Å². The van der Waals surface area contributed by atoms with Gasteiger partial charge in [-0.05, 0) is 42.0 Å². The number of benzene rings is 3. The molecule has 0 bridgehead atoms. The Morgan fingerprint density at radius 2 is 1.81 bits per heavy atom. The molecule has 0 aliphatic rings. The van der Waals surface area contributed by atoms with Crippen molar-refractivity contribution in [3.8, 4) is 22.9 Å². The second kappa shape index (κ2) is 9.71. The Morgan fingerprint density at radius 1 is 1.06 bits per heavy atom. The SMILES string of the molecule is COc1ccc(Cn2c(O)c(/C=N/c3nc(-c4ccc(F)c(F)c4)cs3)c3ccccc3c2=O)cc1. The first kappa shape index (κ1) is 23.4. The largest absolute Gasteiger partial charge is 0.497 e. The maximum atomic E-state index is 13.6. The van der Waals surface area contributed by atoms with Crippen LogP contribution in [0.5, 0.6) is 11.6 Å². The van der Waals surface area contributed by atoms with Gasteiger partial charge in [-0.3, -0.25) is 9.36 Å². The van der Waals surface area contributed by atoms with Crippen LogP contribution in [-0.2, 0) is 6.54 Å². The van der Waals surface area contributed by atoms with E-state index in [4.69, 9.17) is 4.74 Å². The monoisotopic (exact) mass is 503 g/mol. The van der Waals surface area contributed by atoms with E-state index in [0.717, 1.165) is 17.7 Å². The summed E-state index contributed by atoms with van der Waals surface area (Å²) in [6, 6.07) is 17.7. The fourth-order valence-corrected chi connectivity index (χ4v) is 4.50. The van der Waals surface area contributed by atoms with Crippen LogP contribution in [0.15, 0.2) is 81.9 Å². The molecule has 2 heterocycles. The molecule has 0 amide bonds. The van der Waals surface area contributed by atoms with Crippen LogP contribution in [0.3, 0.4) is 0 Å². The van der Waals surface area contributed by atoms with Crippen LogP contribution in [0.2, 0.25) is 0 Å². The first-order valence-corrected chi connectivity index (χ1v) is 11.7. The fourth-order valence-electron chi connectivity index (χ4n) is 3.83. The molecule has 180 valence electrons. The Morgan fingerprint density at radius 3 is 2.53 bits per heavy atom. The number of methoxy groups -OCH3 is 1. The highest BCUT2D eigenvalue weighted by Gasteiger charge is 2.16. The molecular formula is C27H19F2N3O3S. The number of halogens is 2. The van der Waals surface area contributed by atoms with Crippen LogP contribution in [-0.4, -0.2) is 28.0 Å². The van der Waals surface area contributed by atoms with Crippen molar-refractivity contribution in [2.45, 2.75) is 6.54 Å². The average Bonchev–Trinajstić information content (AvgIpc) is 3.37. The van der Waals surface area contributed by atoms with Gasteiger partial charge in [0.1, 0.15) is 5.75 Å². The van der Waals surface area contributed by atoms with Crippen molar-refractivity contribution in [2.75, 3.05) is 7.11 Å². The van der Waals surface area contributed by atoms with E-state index in [-0.39, 0.29) is 18.0 Å². The second-order valence-electron chi connectivity index (χ2n) is 7.92. The number of thiazole rings is 1. The van der Waals surface area contributed by atoms with Gasteiger partial charge in [0.05, 0.1) is 24.9 Å². The molecule has 3 aromatic carbocycles. The Balaban J connectivity index is 1.53. The minimum Gasteiger partial charge on any atom is -0.497 e. The Bertz CT molecular complexity index is 1660. The lowest BCUT2D eigenvalue weighted by Crippen LogP contribution is -2.22. The van der Waals surface area contributed by atoms with E-state index in [1.807, 2.05) is 12.1 Å². The first-order valence-electron chi connectivity index (χ1n) is 10.9. The molecule has 0 radical (unpaired) electrons. The maximum Gasteiger partial charge on any atom is 0.261 e. The third kappa shape index (κ3) is 4.48. The predicted octanol–water partition coefficient (Wildman–Crippen LogP) is 5.92. The summed E-state index contributed by atoms with van der Waals surface area (Å²) in [5, 5.41) is 14.1. The van der Waals surface area contributed by atoms with Crippen LogP contribution in [0, 0.1) is 11.6 Å². The second-order valence-corrected chi connectivity index (χ2v) is 8.76. The Hall–Kier alpha value is -4.37. The van der Waals surface area contributed by atoms with Crippen LogP contribution in [0.1, 0.15) is 11.1 Å². The summed E-state index contributed by atoms with van der Waals surface area (Å²) in [4.78, 5) is 21.9. The zero-order valence-electron chi connectivity index (χ0n) is 19.0. The summed E-state index contributed by atoms with van der Waals surface area (Å²) >= 11 is 1.21. The number of ether oxygens (including phenoxy) is 1. The fraction of sp³-hybridized carbons (Fsp3) is 0.0741. The predicted molar refractivity (Wildman–Crippen MR) is 137 cm³/mol. The van der Waals surface area contributed by atoms with Crippen molar-refractivity contribution in [3.05, 3.63) is 105 Å². The molecule has 0 fully saturated rings. The maximum absolute atomic E-state index is 13.6. The molecule has 0 saturated carbocycles. The molecule has 0 spiro atoms. The zero-order chi connectivity index (χ0) is 25.2. The summed E-state index contributed by atoms with van der Waals surface area (Å²) in [5.74, 6) is -1.43. The van der Waals surface area contributed by atoms with E-state index in [9.17, 15) is 18.7 Å². The van der Waals surface area contributed by atoms with Gasteiger partial charge in [-0.2, -0.15) is 0 Å². The average molecular weight is 504 g/mol. The summed E-state index contributed by atoms with van der Waals surface area (Å²) in [6.45, 7) is 0.151.